The van der Waals surface area contributed by atoms with Gasteiger partial charge in [-0.2, -0.15) is 12.6 Å². The Balaban J connectivity index is 1.98. The predicted octanol–water partition coefficient (Wildman–Crippen LogP) is 5.13. The molecule has 0 heterocycles. The van der Waals surface area contributed by atoms with Crippen LogP contribution in [0, 0.1) is 6.92 Å². The average Bonchev–Trinajstić information content (AvgIpc) is 3.66. The number of carbonyl (C=O) groups excluding carboxylic acids is 3. The van der Waals surface area contributed by atoms with Crippen molar-refractivity contribution in [2.24, 2.45) is 0 Å². The fourth-order valence-corrected chi connectivity index (χ4v) is 4.14. The Kier molecular flexibility index (Phi) is 8.84. The van der Waals surface area contributed by atoms with Gasteiger partial charge in [0.25, 0.3) is 5.91 Å². The molecular formula is C28H35N3O4S. The minimum absolute atomic E-state index is 0.0557. The van der Waals surface area contributed by atoms with Crippen molar-refractivity contribution in [1.29, 1.82) is 0 Å². The van der Waals surface area contributed by atoms with E-state index < -0.39 is 23.8 Å². The number of rotatable bonds is 9. The molecule has 0 spiro atoms. The Morgan fingerprint density at radius 3 is 2.44 bits per heavy atom. The maximum absolute atomic E-state index is 13.9. The lowest BCUT2D eigenvalue weighted by molar-refractivity contribution is -0.141. The molecule has 0 saturated heterocycles. The molecule has 2 unspecified atom stereocenters. The topological polar surface area (TPSA) is 87.7 Å². The lowest BCUT2D eigenvalue weighted by atomic mass is 10.00. The Morgan fingerprint density at radius 2 is 1.86 bits per heavy atom. The van der Waals surface area contributed by atoms with Crippen LogP contribution in [0.4, 0.5) is 10.5 Å². The van der Waals surface area contributed by atoms with Gasteiger partial charge >= 0.3 is 6.09 Å². The molecule has 2 aromatic carbocycles. The van der Waals surface area contributed by atoms with Gasteiger partial charge in [-0.25, -0.2) is 4.79 Å². The van der Waals surface area contributed by atoms with Crippen molar-refractivity contribution in [3.8, 4) is 0 Å². The van der Waals surface area contributed by atoms with Gasteiger partial charge < -0.3 is 20.3 Å². The van der Waals surface area contributed by atoms with Crippen LogP contribution in [-0.2, 0) is 14.3 Å². The van der Waals surface area contributed by atoms with Crippen molar-refractivity contribution in [3.63, 3.8) is 0 Å². The second-order valence-corrected chi connectivity index (χ2v) is 10.3. The first-order valence-corrected chi connectivity index (χ1v) is 12.7. The number of benzene rings is 2. The number of hydrogen-bond acceptors (Lipinski definition) is 5. The first kappa shape index (κ1) is 27.3. The molecule has 1 aliphatic carbocycles. The third-order valence-electron chi connectivity index (χ3n) is 5.76. The summed E-state index contributed by atoms with van der Waals surface area (Å²) in [6.45, 7) is 11.0. The highest BCUT2D eigenvalue weighted by Gasteiger charge is 2.44. The van der Waals surface area contributed by atoms with Crippen LogP contribution in [0.1, 0.15) is 56.3 Å². The quantitative estimate of drug-likeness (QED) is 0.409. The molecule has 0 radical (unpaired) electrons. The van der Waals surface area contributed by atoms with E-state index in [-0.39, 0.29) is 23.6 Å². The van der Waals surface area contributed by atoms with Gasteiger partial charge in [0, 0.05) is 17.5 Å². The summed E-state index contributed by atoms with van der Waals surface area (Å²) in [5, 5.41) is 5.64. The number of amides is 3. The molecule has 36 heavy (non-hydrogen) atoms. The van der Waals surface area contributed by atoms with Crippen molar-refractivity contribution < 1.29 is 19.1 Å². The lowest BCUT2D eigenvalue weighted by Crippen LogP contribution is -2.54. The molecule has 2 aromatic rings. The molecule has 8 heteroatoms. The molecule has 3 rings (SSSR count). The molecule has 192 valence electrons. The summed E-state index contributed by atoms with van der Waals surface area (Å²) in [6.07, 6.45) is 2.53. The van der Waals surface area contributed by atoms with E-state index in [1.54, 1.807) is 31.7 Å². The SMILES string of the molecule is C=Cc1cccc(C(C(=O)Nc2ccccc2C)N(C(=O)C(CS)NC(=O)OC(C)(C)C)C2CC2)c1. The summed E-state index contributed by atoms with van der Waals surface area (Å²) in [7, 11) is 0. The number of ether oxygens (including phenoxy) is 1. The first-order chi connectivity index (χ1) is 17.0. The Bertz CT molecular complexity index is 1120. The van der Waals surface area contributed by atoms with Gasteiger partial charge in [0.15, 0.2) is 0 Å². The summed E-state index contributed by atoms with van der Waals surface area (Å²) in [5.41, 5.74) is 2.36. The number of nitrogens with one attached hydrogen (secondary N) is 2. The summed E-state index contributed by atoms with van der Waals surface area (Å²) >= 11 is 4.33. The average molecular weight is 510 g/mol. The number of nitrogens with zero attached hydrogens (tertiary/aromatic N) is 1. The maximum atomic E-state index is 13.9. The Labute approximate surface area is 218 Å². The van der Waals surface area contributed by atoms with E-state index in [0.717, 1.165) is 24.0 Å². The largest absolute Gasteiger partial charge is 0.444 e. The molecular weight excluding hydrogens is 474 g/mol. The number of thiol groups is 1. The van der Waals surface area contributed by atoms with E-state index in [1.807, 2.05) is 55.5 Å². The van der Waals surface area contributed by atoms with Gasteiger partial charge in [-0.15, -0.1) is 0 Å². The molecule has 1 fully saturated rings. The van der Waals surface area contributed by atoms with E-state index >= 15 is 0 Å². The number of alkyl carbamates (subject to hydrolysis) is 1. The monoisotopic (exact) mass is 509 g/mol. The van der Waals surface area contributed by atoms with Crippen LogP contribution in [0.3, 0.4) is 0 Å². The second kappa shape index (κ2) is 11.6. The Morgan fingerprint density at radius 1 is 1.17 bits per heavy atom. The van der Waals surface area contributed by atoms with Crippen LogP contribution >= 0.6 is 12.6 Å². The molecule has 2 N–H and O–H groups in total. The third kappa shape index (κ3) is 7.13. The van der Waals surface area contributed by atoms with Gasteiger partial charge in [0.2, 0.25) is 5.91 Å². The normalized spacial score (nSPS) is 14.8. The minimum Gasteiger partial charge on any atom is -0.444 e. The number of hydrogen-bond donors (Lipinski definition) is 3. The van der Waals surface area contributed by atoms with E-state index in [1.165, 1.54) is 0 Å². The molecule has 7 nitrogen and oxygen atoms in total. The van der Waals surface area contributed by atoms with E-state index in [2.05, 4.69) is 29.8 Å². The number of para-hydroxylation sites is 1. The molecule has 0 aliphatic heterocycles. The second-order valence-electron chi connectivity index (χ2n) is 9.94. The van der Waals surface area contributed by atoms with Crippen LogP contribution in [0.15, 0.2) is 55.1 Å². The van der Waals surface area contributed by atoms with Gasteiger partial charge in [-0.3, -0.25) is 9.59 Å². The number of anilines is 1. The van der Waals surface area contributed by atoms with E-state index in [9.17, 15) is 14.4 Å². The van der Waals surface area contributed by atoms with Crippen LogP contribution < -0.4 is 10.6 Å². The number of aryl methyl sites for hydroxylation is 1. The van der Waals surface area contributed by atoms with Crippen molar-refractivity contribution in [3.05, 3.63) is 71.8 Å². The maximum Gasteiger partial charge on any atom is 0.408 e. The van der Waals surface area contributed by atoms with Crippen molar-refractivity contribution in [2.45, 2.75) is 64.3 Å². The third-order valence-corrected chi connectivity index (χ3v) is 6.12. The smallest absolute Gasteiger partial charge is 0.408 e. The zero-order valence-corrected chi connectivity index (χ0v) is 22.2. The zero-order valence-electron chi connectivity index (χ0n) is 21.3. The van der Waals surface area contributed by atoms with Crippen LogP contribution in [0.5, 0.6) is 0 Å². The Hall–Kier alpha value is -3.26. The molecule has 0 bridgehead atoms. The molecule has 1 saturated carbocycles. The standard InChI is InChI=1S/C28H35N3O4S/c1-6-19-11-9-12-20(16-19)24(25(32)29-22-13-8-7-10-18(22)2)31(21-14-15-21)26(33)23(17-36)30-27(34)35-28(3,4)5/h6-13,16,21,23-24,36H,1,14-15,17H2,2-5H3,(H,29,32)(H,30,34). The first-order valence-electron chi connectivity index (χ1n) is 12.1. The van der Waals surface area contributed by atoms with Crippen molar-refractivity contribution in [2.75, 3.05) is 11.1 Å². The molecule has 0 aromatic heterocycles. The highest BCUT2D eigenvalue weighted by Crippen LogP contribution is 2.36. The summed E-state index contributed by atoms with van der Waals surface area (Å²) in [4.78, 5) is 41.7. The van der Waals surface area contributed by atoms with E-state index in [0.29, 0.717) is 11.3 Å². The van der Waals surface area contributed by atoms with Gasteiger partial charge in [0.05, 0.1) is 0 Å². The van der Waals surface area contributed by atoms with Crippen LogP contribution in [0.2, 0.25) is 0 Å². The van der Waals surface area contributed by atoms with Crippen molar-refractivity contribution in [1.82, 2.24) is 10.2 Å². The molecule has 1 aliphatic rings. The van der Waals surface area contributed by atoms with Crippen LogP contribution in [0.25, 0.3) is 6.08 Å². The summed E-state index contributed by atoms with van der Waals surface area (Å²) in [5.74, 6) is -0.659. The highest BCUT2D eigenvalue weighted by molar-refractivity contribution is 7.80. The lowest BCUT2D eigenvalue weighted by Gasteiger charge is -2.34. The zero-order chi connectivity index (χ0) is 26.5. The van der Waals surface area contributed by atoms with Crippen LogP contribution in [-0.4, -0.2) is 46.2 Å². The van der Waals surface area contributed by atoms with Crippen molar-refractivity contribution >= 4 is 42.3 Å². The predicted molar refractivity (Wildman–Crippen MR) is 146 cm³/mol. The summed E-state index contributed by atoms with van der Waals surface area (Å²) in [6, 6.07) is 12.9. The molecule has 2 atom stereocenters. The van der Waals surface area contributed by atoms with Gasteiger partial charge in [-0.05, 0) is 69.4 Å². The van der Waals surface area contributed by atoms with Gasteiger partial charge in [0.1, 0.15) is 17.7 Å². The molecule has 3 amide bonds. The fraction of sp³-hybridized carbons (Fsp3) is 0.393. The summed E-state index contributed by atoms with van der Waals surface area (Å²) < 4.78 is 5.35. The minimum atomic E-state index is -0.958. The van der Waals surface area contributed by atoms with Gasteiger partial charge in [-0.1, -0.05) is 49.1 Å². The number of carbonyl (C=O) groups is 3. The fourth-order valence-electron chi connectivity index (χ4n) is 3.89. The van der Waals surface area contributed by atoms with E-state index in [4.69, 9.17) is 4.74 Å². The highest BCUT2D eigenvalue weighted by atomic mass is 32.1.